The summed E-state index contributed by atoms with van der Waals surface area (Å²) in [5.74, 6) is 0.902. The molecule has 6 nitrogen and oxygen atoms in total. The fraction of sp³-hybridized carbons (Fsp3) is 0.360. The summed E-state index contributed by atoms with van der Waals surface area (Å²) in [6.45, 7) is 8.06. The van der Waals surface area contributed by atoms with Gasteiger partial charge in [-0.25, -0.2) is 9.97 Å². The van der Waals surface area contributed by atoms with Crippen LogP contribution in [0.4, 0.5) is 5.82 Å². The molecule has 1 amide bonds. The fourth-order valence-electron chi connectivity index (χ4n) is 4.28. The molecule has 0 spiro atoms. The van der Waals surface area contributed by atoms with Gasteiger partial charge in [-0.3, -0.25) is 4.79 Å². The molecule has 2 heterocycles. The quantitative estimate of drug-likeness (QED) is 0.555. The summed E-state index contributed by atoms with van der Waals surface area (Å²) in [7, 11) is 0. The van der Waals surface area contributed by atoms with E-state index in [2.05, 4.69) is 11.0 Å². The zero-order valence-corrected chi connectivity index (χ0v) is 19.3. The number of rotatable bonds is 5. The van der Waals surface area contributed by atoms with Gasteiger partial charge >= 0.3 is 0 Å². The van der Waals surface area contributed by atoms with E-state index < -0.39 is 0 Å². The first-order chi connectivity index (χ1) is 15.4. The Kier molecular flexibility index (Phi) is 6.29. The number of hydrogen-bond acceptors (Lipinski definition) is 5. The molecule has 1 aliphatic heterocycles. The molecule has 0 radical (unpaired) electrons. The first kappa shape index (κ1) is 22.0. The Morgan fingerprint density at radius 1 is 1.25 bits per heavy atom. The third-order valence-electron chi connectivity index (χ3n) is 5.89. The van der Waals surface area contributed by atoms with Gasteiger partial charge in [0.05, 0.1) is 28.7 Å². The molecule has 3 aromatic rings. The molecule has 0 saturated carbocycles. The number of likely N-dealkylation sites (N-methyl/N-ethyl adjacent to an activating group) is 1. The zero-order chi connectivity index (χ0) is 22.8. The van der Waals surface area contributed by atoms with E-state index in [0.29, 0.717) is 23.7 Å². The highest BCUT2D eigenvalue weighted by atomic mass is 35.5. The minimum absolute atomic E-state index is 0.0316. The van der Waals surface area contributed by atoms with Crippen LogP contribution in [0.1, 0.15) is 32.8 Å². The van der Waals surface area contributed by atoms with Crippen molar-refractivity contribution in [2.24, 2.45) is 5.92 Å². The molecule has 32 heavy (non-hydrogen) atoms. The van der Waals surface area contributed by atoms with Crippen molar-refractivity contribution in [3.05, 3.63) is 53.1 Å². The van der Waals surface area contributed by atoms with Crippen LogP contribution in [0.3, 0.4) is 0 Å². The number of hydrogen-bond donors (Lipinski definition) is 0. The molecule has 0 bridgehead atoms. The largest absolute Gasteiger partial charge is 0.353 e. The number of nitrogens with zero attached hydrogens (tertiary/aromatic N) is 5. The maximum absolute atomic E-state index is 12.7. The van der Waals surface area contributed by atoms with Gasteiger partial charge < -0.3 is 9.80 Å². The Labute approximate surface area is 193 Å². The van der Waals surface area contributed by atoms with Crippen LogP contribution in [0.15, 0.2) is 42.5 Å². The summed E-state index contributed by atoms with van der Waals surface area (Å²) >= 11 is 6.21. The van der Waals surface area contributed by atoms with Crippen LogP contribution in [0.5, 0.6) is 0 Å². The molecule has 1 atom stereocenters. The predicted octanol–water partition coefficient (Wildman–Crippen LogP) is 4.91. The number of nitriles is 1. The third-order valence-corrected chi connectivity index (χ3v) is 6.13. The number of carbonyl (C=O) groups excluding carboxylic acids is 1. The van der Waals surface area contributed by atoms with E-state index in [-0.39, 0.29) is 17.9 Å². The van der Waals surface area contributed by atoms with E-state index in [9.17, 15) is 10.1 Å². The third kappa shape index (κ3) is 4.26. The van der Waals surface area contributed by atoms with E-state index in [1.807, 2.05) is 56.0 Å². The molecule has 1 saturated heterocycles. The second-order valence-electron chi connectivity index (χ2n) is 8.39. The molecule has 1 aliphatic rings. The topological polar surface area (TPSA) is 73.1 Å². The Balaban J connectivity index is 1.77. The van der Waals surface area contributed by atoms with Gasteiger partial charge in [0.15, 0.2) is 5.82 Å². The molecule has 0 N–H and O–H groups in total. The lowest BCUT2D eigenvalue weighted by Crippen LogP contribution is -2.43. The van der Waals surface area contributed by atoms with Gasteiger partial charge in [0.1, 0.15) is 5.69 Å². The highest BCUT2D eigenvalue weighted by Gasteiger charge is 2.33. The Morgan fingerprint density at radius 2 is 2.06 bits per heavy atom. The van der Waals surface area contributed by atoms with Crippen LogP contribution >= 0.6 is 11.6 Å². The number of halogens is 1. The fourth-order valence-corrected chi connectivity index (χ4v) is 4.45. The first-order valence-corrected chi connectivity index (χ1v) is 11.3. The average Bonchev–Trinajstić information content (AvgIpc) is 3.28. The number of aromatic nitrogens is 2. The molecule has 2 aromatic carbocycles. The molecule has 7 heteroatoms. The van der Waals surface area contributed by atoms with E-state index in [0.717, 1.165) is 41.1 Å². The van der Waals surface area contributed by atoms with Crippen molar-refractivity contribution in [2.75, 3.05) is 24.5 Å². The summed E-state index contributed by atoms with van der Waals surface area (Å²) in [6, 6.07) is 15.2. The minimum Gasteiger partial charge on any atom is -0.353 e. The molecular weight excluding hydrogens is 422 g/mol. The van der Waals surface area contributed by atoms with Gasteiger partial charge in [-0.05, 0) is 43.7 Å². The van der Waals surface area contributed by atoms with Crippen LogP contribution < -0.4 is 4.90 Å². The van der Waals surface area contributed by atoms with E-state index >= 15 is 0 Å². The van der Waals surface area contributed by atoms with Crippen molar-refractivity contribution in [2.45, 2.75) is 33.2 Å². The lowest BCUT2D eigenvalue weighted by Gasteiger charge is -2.30. The highest BCUT2D eigenvalue weighted by molar-refractivity contribution is 6.31. The second kappa shape index (κ2) is 9.13. The van der Waals surface area contributed by atoms with Gasteiger partial charge in [0, 0.05) is 36.1 Å². The van der Waals surface area contributed by atoms with Crippen LogP contribution in [-0.2, 0) is 4.79 Å². The molecule has 0 unspecified atom stereocenters. The molecule has 164 valence electrons. The summed E-state index contributed by atoms with van der Waals surface area (Å²) in [6.07, 6.45) is 0.874. The van der Waals surface area contributed by atoms with Crippen LogP contribution in [0.25, 0.3) is 22.3 Å². The normalized spacial score (nSPS) is 15.9. The molecule has 4 rings (SSSR count). The summed E-state index contributed by atoms with van der Waals surface area (Å²) in [5.41, 5.74) is 3.62. The summed E-state index contributed by atoms with van der Waals surface area (Å²) in [4.78, 5) is 26.7. The highest BCUT2D eigenvalue weighted by Crippen LogP contribution is 2.33. The average molecular weight is 448 g/mol. The lowest BCUT2D eigenvalue weighted by molar-refractivity contribution is -0.136. The maximum Gasteiger partial charge on any atom is 0.225 e. The molecule has 0 aliphatic carbocycles. The number of benzene rings is 2. The van der Waals surface area contributed by atoms with Crippen molar-refractivity contribution in [1.29, 1.82) is 5.26 Å². The maximum atomic E-state index is 12.7. The lowest BCUT2D eigenvalue weighted by atomic mass is 10.1. The van der Waals surface area contributed by atoms with Crippen molar-refractivity contribution < 1.29 is 4.79 Å². The van der Waals surface area contributed by atoms with Gasteiger partial charge in [0.2, 0.25) is 5.91 Å². The Hall–Kier alpha value is -3.17. The smallest absolute Gasteiger partial charge is 0.225 e. The van der Waals surface area contributed by atoms with E-state index in [1.54, 1.807) is 12.1 Å². The number of amides is 1. The predicted molar refractivity (Wildman–Crippen MR) is 128 cm³/mol. The Bertz CT molecular complexity index is 1200. The first-order valence-electron chi connectivity index (χ1n) is 10.9. The zero-order valence-electron chi connectivity index (χ0n) is 18.5. The molecular formula is C25H26ClN5O. The van der Waals surface area contributed by atoms with Crippen molar-refractivity contribution in [3.63, 3.8) is 0 Å². The van der Waals surface area contributed by atoms with E-state index in [1.165, 1.54) is 0 Å². The van der Waals surface area contributed by atoms with Crippen molar-refractivity contribution in [3.8, 4) is 17.3 Å². The van der Waals surface area contributed by atoms with Crippen molar-refractivity contribution >= 4 is 34.4 Å². The number of fused-ring (bicyclic) bond motifs is 1. The minimum atomic E-state index is -0.0316. The molecule has 1 fully saturated rings. The van der Waals surface area contributed by atoms with Crippen molar-refractivity contribution in [1.82, 2.24) is 14.9 Å². The van der Waals surface area contributed by atoms with Gasteiger partial charge in [-0.1, -0.05) is 37.6 Å². The Morgan fingerprint density at radius 3 is 2.78 bits per heavy atom. The molecule has 1 aromatic heterocycles. The summed E-state index contributed by atoms with van der Waals surface area (Å²) < 4.78 is 0. The van der Waals surface area contributed by atoms with E-state index in [4.69, 9.17) is 21.6 Å². The van der Waals surface area contributed by atoms with Crippen LogP contribution in [0, 0.1) is 17.2 Å². The van der Waals surface area contributed by atoms with Gasteiger partial charge in [0.25, 0.3) is 0 Å². The van der Waals surface area contributed by atoms with Crippen LogP contribution in [-0.4, -0.2) is 46.5 Å². The SMILES string of the molecule is CCN(C(=O)C(C)C)[C@H]1CCN(c2nc3cc(Cl)ccc3nc2-c2cccc(C#N)c2)C1. The standard InChI is InChI=1S/C25H26ClN5O/c1-4-31(25(32)16(2)3)20-10-11-30(15-20)24-23(18-7-5-6-17(12-18)14-27)28-21-9-8-19(26)13-22(21)29-24/h5-9,12-13,16,20H,4,10-11,15H2,1-3H3/t20-/m0/s1. The monoisotopic (exact) mass is 447 g/mol. The summed E-state index contributed by atoms with van der Waals surface area (Å²) in [5, 5.41) is 9.97. The number of anilines is 1. The van der Waals surface area contributed by atoms with Gasteiger partial charge in [-0.2, -0.15) is 5.26 Å². The van der Waals surface area contributed by atoms with Crippen LogP contribution in [0.2, 0.25) is 5.02 Å². The second-order valence-corrected chi connectivity index (χ2v) is 8.83. The number of carbonyl (C=O) groups is 1. The van der Waals surface area contributed by atoms with Gasteiger partial charge in [-0.15, -0.1) is 0 Å².